The van der Waals surface area contributed by atoms with Crippen LogP contribution in [0.4, 0.5) is 0 Å². The minimum Gasteiger partial charge on any atom is -0.492 e. The lowest BCUT2D eigenvalue weighted by Crippen LogP contribution is -2.35. The van der Waals surface area contributed by atoms with Gasteiger partial charge in [-0.2, -0.15) is 0 Å². The third-order valence-corrected chi connectivity index (χ3v) is 4.96. The van der Waals surface area contributed by atoms with Gasteiger partial charge < -0.3 is 10.1 Å². The highest BCUT2D eigenvalue weighted by molar-refractivity contribution is 7.89. The number of nitrogens with zero attached hydrogens (tertiary/aromatic N) is 1. The van der Waals surface area contributed by atoms with Gasteiger partial charge in [0.1, 0.15) is 12.4 Å². The Hall–Kier alpha value is -0.860. The summed E-state index contributed by atoms with van der Waals surface area (Å²) >= 11 is 0. The first kappa shape index (κ1) is 20.2. The molecule has 2 rings (SSSR count). The van der Waals surface area contributed by atoms with E-state index in [0.717, 1.165) is 19.6 Å². The Bertz CT molecular complexity index is 558. The molecule has 3 N–H and O–H groups in total. The summed E-state index contributed by atoms with van der Waals surface area (Å²) in [6.07, 6.45) is 3.59. The Kier molecular flexibility index (Phi) is 8.28. The molecule has 0 amide bonds. The van der Waals surface area contributed by atoms with Crippen molar-refractivity contribution in [3.05, 3.63) is 24.3 Å². The summed E-state index contributed by atoms with van der Waals surface area (Å²) in [4.78, 5) is 2.44. The normalized spacial score (nSPS) is 19.0. The molecule has 8 heteroatoms. The Morgan fingerprint density at radius 3 is 2.61 bits per heavy atom. The van der Waals surface area contributed by atoms with Crippen LogP contribution in [0, 0.1) is 0 Å². The number of nitrogens with one attached hydrogen (secondary N) is 1. The maximum absolute atomic E-state index is 11.2. The smallest absolute Gasteiger partial charge is 0.238 e. The summed E-state index contributed by atoms with van der Waals surface area (Å²) in [6.45, 7) is 3.61. The van der Waals surface area contributed by atoms with Gasteiger partial charge in [-0.15, -0.1) is 12.4 Å². The van der Waals surface area contributed by atoms with Gasteiger partial charge in [0, 0.05) is 12.6 Å². The van der Waals surface area contributed by atoms with E-state index in [4.69, 9.17) is 9.88 Å². The number of benzene rings is 1. The molecule has 1 saturated heterocycles. The predicted octanol–water partition coefficient (Wildman–Crippen LogP) is 1.21. The fourth-order valence-corrected chi connectivity index (χ4v) is 3.17. The maximum atomic E-state index is 11.2. The molecule has 0 saturated carbocycles. The molecule has 1 heterocycles. The number of primary sulfonamides is 1. The van der Waals surface area contributed by atoms with E-state index in [9.17, 15) is 8.42 Å². The van der Waals surface area contributed by atoms with E-state index >= 15 is 0 Å². The van der Waals surface area contributed by atoms with Crippen LogP contribution in [-0.4, -0.2) is 52.6 Å². The second-order valence-corrected chi connectivity index (χ2v) is 7.24. The lowest BCUT2D eigenvalue weighted by Gasteiger charge is -2.26. The molecule has 132 valence electrons. The zero-order chi connectivity index (χ0) is 16.0. The van der Waals surface area contributed by atoms with Crippen LogP contribution in [-0.2, 0) is 10.0 Å². The first-order valence-corrected chi connectivity index (χ1v) is 9.18. The van der Waals surface area contributed by atoms with Crippen molar-refractivity contribution < 1.29 is 13.2 Å². The van der Waals surface area contributed by atoms with E-state index in [-0.39, 0.29) is 17.3 Å². The van der Waals surface area contributed by atoms with Crippen LogP contribution < -0.4 is 15.2 Å². The van der Waals surface area contributed by atoms with Gasteiger partial charge in [-0.05, 0) is 63.7 Å². The number of ether oxygens (including phenoxy) is 1. The predicted molar refractivity (Wildman–Crippen MR) is 93.7 cm³/mol. The zero-order valence-electron chi connectivity index (χ0n) is 13.4. The number of rotatable bonds is 6. The minimum atomic E-state index is -3.64. The molecule has 0 bridgehead atoms. The van der Waals surface area contributed by atoms with E-state index in [1.807, 2.05) is 0 Å². The van der Waals surface area contributed by atoms with Crippen LogP contribution in [0.3, 0.4) is 0 Å². The molecule has 0 radical (unpaired) electrons. The number of sulfonamides is 1. The third kappa shape index (κ3) is 6.64. The highest BCUT2D eigenvalue weighted by atomic mass is 35.5. The average Bonchev–Trinajstić information content (AvgIpc) is 2.76. The summed E-state index contributed by atoms with van der Waals surface area (Å²) in [5.41, 5.74) is 0. The molecular weight excluding hydrogens is 338 g/mol. The van der Waals surface area contributed by atoms with Crippen molar-refractivity contribution in [3.63, 3.8) is 0 Å². The molecule has 0 aromatic heterocycles. The van der Waals surface area contributed by atoms with Crippen molar-refractivity contribution >= 4 is 22.4 Å². The van der Waals surface area contributed by atoms with Crippen molar-refractivity contribution in [3.8, 4) is 5.75 Å². The molecule has 1 aliphatic rings. The van der Waals surface area contributed by atoms with Crippen molar-refractivity contribution in [2.45, 2.75) is 30.2 Å². The number of nitrogens with two attached hydrogens (primary N) is 1. The molecule has 1 aliphatic heterocycles. The topological polar surface area (TPSA) is 84.7 Å². The Morgan fingerprint density at radius 1 is 1.26 bits per heavy atom. The fraction of sp³-hybridized carbons (Fsp3) is 0.600. The van der Waals surface area contributed by atoms with E-state index in [2.05, 4.69) is 17.3 Å². The van der Waals surface area contributed by atoms with Gasteiger partial charge in [0.15, 0.2) is 0 Å². The van der Waals surface area contributed by atoms with Gasteiger partial charge in [0.25, 0.3) is 0 Å². The number of hydrogen-bond donors (Lipinski definition) is 2. The van der Waals surface area contributed by atoms with Gasteiger partial charge in [-0.3, -0.25) is 4.90 Å². The zero-order valence-corrected chi connectivity index (χ0v) is 15.0. The molecule has 1 aromatic carbocycles. The lowest BCUT2D eigenvalue weighted by molar-refractivity contribution is 0.180. The highest BCUT2D eigenvalue weighted by Crippen LogP contribution is 2.15. The van der Waals surface area contributed by atoms with E-state index < -0.39 is 10.0 Å². The van der Waals surface area contributed by atoms with Gasteiger partial charge in [0.05, 0.1) is 4.90 Å². The van der Waals surface area contributed by atoms with Crippen molar-refractivity contribution in [1.82, 2.24) is 10.2 Å². The quantitative estimate of drug-likeness (QED) is 0.793. The monoisotopic (exact) mass is 363 g/mol. The van der Waals surface area contributed by atoms with Crippen LogP contribution in [0.25, 0.3) is 0 Å². The number of likely N-dealkylation sites (N-methyl/N-ethyl adjacent to an activating group) is 1. The summed E-state index contributed by atoms with van der Waals surface area (Å²) in [5, 5.41) is 8.48. The number of halogens is 1. The third-order valence-electron chi connectivity index (χ3n) is 4.03. The van der Waals surface area contributed by atoms with Gasteiger partial charge >= 0.3 is 0 Å². The summed E-state index contributed by atoms with van der Waals surface area (Å²) in [7, 11) is -1.51. The summed E-state index contributed by atoms with van der Waals surface area (Å²) in [5.74, 6) is 0.656. The molecule has 1 aromatic rings. The van der Waals surface area contributed by atoms with Crippen LogP contribution in [0.2, 0.25) is 0 Å². The molecule has 0 spiro atoms. The standard InChI is InChI=1S/C15H25N3O3S.ClH/c1-18(13-3-2-9-17-10-8-13)11-12-21-14-4-6-15(7-5-14)22(16,19)20;/h4-7,13,17H,2-3,8-12H2,1H3,(H2,16,19,20);1H. The molecule has 6 nitrogen and oxygen atoms in total. The van der Waals surface area contributed by atoms with Crippen LogP contribution in [0.1, 0.15) is 19.3 Å². The number of hydrogen-bond acceptors (Lipinski definition) is 5. The largest absolute Gasteiger partial charge is 0.492 e. The summed E-state index contributed by atoms with van der Waals surface area (Å²) in [6, 6.07) is 6.80. The lowest BCUT2D eigenvalue weighted by atomic mass is 10.1. The molecule has 1 fully saturated rings. The molecular formula is C15H26ClN3O3S. The Labute approximate surface area is 144 Å². The first-order chi connectivity index (χ1) is 10.5. The fourth-order valence-electron chi connectivity index (χ4n) is 2.66. The first-order valence-electron chi connectivity index (χ1n) is 7.63. The Balaban J connectivity index is 0.00000264. The minimum absolute atomic E-state index is 0. The molecule has 1 unspecified atom stereocenters. The second-order valence-electron chi connectivity index (χ2n) is 5.68. The van der Waals surface area contributed by atoms with Crippen LogP contribution >= 0.6 is 12.4 Å². The van der Waals surface area contributed by atoms with Crippen molar-refractivity contribution in [2.75, 3.05) is 33.3 Å². The van der Waals surface area contributed by atoms with Gasteiger partial charge in [-0.1, -0.05) is 0 Å². The maximum Gasteiger partial charge on any atom is 0.238 e. The molecule has 1 atom stereocenters. The molecule has 23 heavy (non-hydrogen) atoms. The van der Waals surface area contributed by atoms with E-state index in [1.54, 1.807) is 12.1 Å². The summed E-state index contributed by atoms with van der Waals surface area (Å²) < 4.78 is 28.0. The van der Waals surface area contributed by atoms with Gasteiger partial charge in [-0.25, -0.2) is 13.6 Å². The van der Waals surface area contributed by atoms with Crippen molar-refractivity contribution in [1.29, 1.82) is 0 Å². The SMILES string of the molecule is CN(CCOc1ccc(S(N)(=O)=O)cc1)C1CCCNCC1.Cl. The van der Waals surface area contributed by atoms with Crippen molar-refractivity contribution in [2.24, 2.45) is 5.14 Å². The highest BCUT2D eigenvalue weighted by Gasteiger charge is 2.16. The second kappa shape index (κ2) is 9.44. The van der Waals surface area contributed by atoms with Gasteiger partial charge in [0.2, 0.25) is 10.0 Å². The van der Waals surface area contributed by atoms with E-state index in [1.165, 1.54) is 31.4 Å². The van der Waals surface area contributed by atoms with Crippen LogP contribution in [0.15, 0.2) is 29.2 Å². The Morgan fingerprint density at radius 2 is 1.96 bits per heavy atom. The molecule has 0 aliphatic carbocycles. The average molecular weight is 364 g/mol. The van der Waals surface area contributed by atoms with Crippen LogP contribution in [0.5, 0.6) is 5.75 Å². The van der Waals surface area contributed by atoms with E-state index in [0.29, 0.717) is 18.4 Å².